The molecular weight excluding hydrogens is 312 g/mol. The third-order valence-electron chi connectivity index (χ3n) is 5.97. The third-order valence-corrected chi connectivity index (χ3v) is 5.97. The van der Waals surface area contributed by atoms with E-state index in [4.69, 9.17) is 0 Å². The van der Waals surface area contributed by atoms with Crippen molar-refractivity contribution in [3.05, 3.63) is 12.2 Å². The maximum Gasteiger partial charge on any atom is -0.0351 e. The van der Waals surface area contributed by atoms with Crippen molar-refractivity contribution in [3.8, 4) is 0 Å². The van der Waals surface area contributed by atoms with Gasteiger partial charge >= 0.3 is 0 Å². The van der Waals surface area contributed by atoms with E-state index in [-0.39, 0.29) is 0 Å². The summed E-state index contributed by atoms with van der Waals surface area (Å²) in [4.78, 5) is 0. The molecule has 0 heteroatoms. The average molecular weight is 365 g/mol. The maximum absolute atomic E-state index is 2.43. The fourth-order valence-corrected chi connectivity index (χ4v) is 4.01. The van der Waals surface area contributed by atoms with Crippen LogP contribution < -0.4 is 0 Å². The molecule has 0 radical (unpaired) electrons. The van der Waals surface area contributed by atoms with Gasteiger partial charge in [-0.05, 0) is 31.1 Å². The number of allylic oxidation sites excluding steroid dienone is 2. The highest BCUT2D eigenvalue weighted by Crippen LogP contribution is 2.25. The topological polar surface area (TPSA) is 0 Å². The van der Waals surface area contributed by atoms with Gasteiger partial charge in [-0.25, -0.2) is 0 Å². The van der Waals surface area contributed by atoms with E-state index in [0.717, 1.165) is 11.8 Å². The lowest BCUT2D eigenvalue weighted by atomic mass is 9.86. The highest BCUT2D eigenvalue weighted by atomic mass is 14.2. The van der Waals surface area contributed by atoms with Crippen molar-refractivity contribution < 1.29 is 0 Å². The number of hydrogen-bond donors (Lipinski definition) is 0. The van der Waals surface area contributed by atoms with Crippen molar-refractivity contribution in [3.63, 3.8) is 0 Å². The predicted molar refractivity (Wildman–Crippen MR) is 122 cm³/mol. The second-order valence-corrected chi connectivity index (χ2v) is 8.85. The summed E-state index contributed by atoms with van der Waals surface area (Å²) >= 11 is 0. The van der Waals surface area contributed by atoms with Gasteiger partial charge in [-0.1, -0.05) is 136 Å². The number of unbranched alkanes of at least 4 members (excludes halogenated alkanes) is 13. The third kappa shape index (κ3) is 18.5. The van der Waals surface area contributed by atoms with Crippen molar-refractivity contribution in [2.75, 3.05) is 0 Å². The van der Waals surface area contributed by atoms with E-state index < -0.39 is 0 Å². The Bertz CT molecular complexity index is 276. The molecule has 0 bridgehead atoms. The van der Waals surface area contributed by atoms with Gasteiger partial charge in [-0.15, -0.1) is 0 Å². The molecule has 0 heterocycles. The van der Waals surface area contributed by atoms with Crippen LogP contribution in [0.3, 0.4) is 0 Å². The first-order valence-corrected chi connectivity index (χ1v) is 12.4. The first-order chi connectivity index (χ1) is 12.7. The van der Waals surface area contributed by atoms with Crippen LogP contribution in [0.2, 0.25) is 0 Å². The molecule has 0 aromatic rings. The molecule has 0 rings (SSSR count). The van der Waals surface area contributed by atoms with E-state index in [1.807, 2.05) is 0 Å². The summed E-state index contributed by atoms with van der Waals surface area (Å²) in [5.41, 5.74) is 0. The lowest BCUT2D eigenvalue weighted by Gasteiger charge is -2.20. The van der Waals surface area contributed by atoms with Crippen molar-refractivity contribution in [2.45, 2.75) is 143 Å². The van der Waals surface area contributed by atoms with Gasteiger partial charge in [0.25, 0.3) is 0 Å². The smallest absolute Gasteiger partial charge is 0.0351 e. The Morgan fingerprint density at radius 1 is 0.538 bits per heavy atom. The SMILES string of the molecule is CCC=CCCCCC(CCCCCCCCCCCCCC)C(C)C. The average Bonchev–Trinajstić information content (AvgIpc) is 2.63. The Morgan fingerprint density at radius 3 is 1.46 bits per heavy atom. The first kappa shape index (κ1) is 25.7. The van der Waals surface area contributed by atoms with Crippen LogP contribution in [0.5, 0.6) is 0 Å². The van der Waals surface area contributed by atoms with Gasteiger partial charge in [0.15, 0.2) is 0 Å². The lowest BCUT2D eigenvalue weighted by Crippen LogP contribution is -2.08. The van der Waals surface area contributed by atoms with E-state index >= 15 is 0 Å². The molecule has 0 fully saturated rings. The molecule has 0 aliphatic carbocycles. The number of hydrogen-bond acceptors (Lipinski definition) is 0. The fourth-order valence-electron chi connectivity index (χ4n) is 4.01. The van der Waals surface area contributed by atoms with Crippen LogP contribution in [0.4, 0.5) is 0 Å². The maximum atomic E-state index is 2.43. The van der Waals surface area contributed by atoms with Gasteiger partial charge in [0, 0.05) is 0 Å². The first-order valence-electron chi connectivity index (χ1n) is 12.4. The highest BCUT2D eigenvalue weighted by molar-refractivity contribution is 4.79. The summed E-state index contributed by atoms with van der Waals surface area (Å²) in [5, 5.41) is 0. The van der Waals surface area contributed by atoms with Gasteiger partial charge in [-0.3, -0.25) is 0 Å². The van der Waals surface area contributed by atoms with E-state index in [0.29, 0.717) is 0 Å². The summed E-state index contributed by atoms with van der Waals surface area (Å²) in [6.45, 7) is 9.39. The number of rotatable bonds is 20. The Labute approximate surface area is 167 Å². The minimum Gasteiger partial charge on any atom is -0.0888 e. The van der Waals surface area contributed by atoms with Gasteiger partial charge in [-0.2, -0.15) is 0 Å². The molecular formula is C26H52. The fraction of sp³-hybridized carbons (Fsp3) is 0.923. The highest BCUT2D eigenvalue weighted by Gasteiger charge is 2.12. The molecule has 1 atom stereocenters. The van der Waals surface area contributed by atoms with Crippen LogP contribution >= 0.6 is 0 Å². The zero-order valence-electron chi connectivity index (χ0n) is 19.0. The molecule has 0 saturated heterocycles. The standard InChI is InChI=1S/C26H52/c1-5-7-9-11-13-14-15-16-17-18-20-22-24-26(25(3)4)23-21-19-12-10-8-6-2/h8,10,25-26H,5-7,9,11-24H2,1-4H3. The van der Waals surface area contributed by atoms with E-state index in [1.54, 1.807) is 0 Å². The van der Waals surface area contributed by atoms with Gasteiger partial charge in [0.05, 0.1) is 0 Å². The second-order valence-electron chi connectivity index (χ2n) is 8.85. The Balaban J connectivity index is 3.44. The Kier molecular flexibility index (Phi) is 20.8. The molecule has 0 aliphatic heterocycles. The predicted octanol–water partition coefficient (Wildman–Crippen LogP) is 9.88. The summed E-state index contributed by atoms with van der Waals surface area (Å²) in [7, 11) is 0. The molecule has 0 aliphatic rings. The van der Waals surface area contributed by atoms with Crippen molar-refractivity contribution in [1.82, 2.24) is 0 Å². The van der Waals surface area contributed by atoms with E-state index in [9.17, 15) is 0 Å². The summed E-state index contributed by atoms with van der Waals surface area (Å²) in [6, 6.07) is 0. The zero-order valence-corrected chi connectivity index (χ0v) is 19.0. The van der Waals surface area contributed by atoms with Crippen molar-refractivity contribution >= 4 is 0 Å². The Morgan fingerprint density at radius 2 is 1.00 bits per heavy atom. The van der Waals surface area contributed by atoms with Crippen molar-refractivity contribution in [1.29, 1.82) is 0 Å². The van der Waals surface area contributed by atoms with Gasteiger partial charge in [0.1, 0.15) is 0 Å². The molecule has 156 valence electrons. The molecule has 0 nitrogen and oxygen atoms in total. The van der Waals surface area contributed by atoms with E-state index in [1.165, 1.54) is 116 Å². The van der Waals surface area contributed by atoms with Crippen LogP contribution in [-0.4, -0.2) is 0 Å². The quantitative estimate of drug-likeness (QED) is 0.149. The lowest BCUT2D eigenvalue weighted by molar-refractivity contribution is 0.314. The van der Waals surface area contributed by atoms with Crippen LogP contribution in [0.1, 0.15) is 143 Å². The molecule has 1 unspecified atom stereocenters. The molecule has 26 heavy (non-hydrogen) atoms. The summed E-state index contributed by atoms with van der Waals surface area (Å²) in [6.07, 6.45) is 30.4. The largest absolute Gasteiger partial charge is 0.0888 e. The van der Waals surface area contributed by atoms with Gasteiger partial charge < -0.3 is 0 Å². The van der Waals surface area contributed by atoms with Gasteiger partial charge in [0.2, 0.25) is 0 Å². The molecule has 0 aromatic heterocycles. The molecule has 0 N–H and O–H groups in total. The molecule has 0 saturated carbocycles. The van der Waals surface area contributed by atoms with Crippen LogP contribution in [0.25, 0.3) is 0 Å². The monoisotopic (exact) mass is 364 g/mol. The van der Waals surface area contributed by atoms with E-state index in [2.05, 4.69) is 39.8 Å². The van der Waals surface area contributed by atoms with Crippen molar-refractivity contribution in [2.24, 2.45) is 11.8 Å². The minimum absolute atomic E-state index is 0.869. The normalized spacial score (nSPS) is 13.1. The zero-order chi connectivity index (χ0) is 19.3. The minimum atomic E-state index is 0.869. The summed E-state index contributed by atoms with van der Waals surface area (Å²) in [5.74, 6) is 1.84. The van der Waals surface area contributed by atoms with Crippen LogP contribution in [0.15, 0.2) is 12.2 Å². The molecule has 0 aromatic carbocycles. The van der Waals surface area contributed by atoms with Crippen LogP contribution in [-0.2, 0) is 0 Å². The molecule has 0 amide bonds. The second kappa shape index (κ2) is 21.0. The van der Waals surface area contributed by atoms with Crippen LogP contribution in [0, 0.1) is 11.8 Å². The summed E-state index contributed by atoms with van der Waals surface area (Å²) < 4.78 is 0. The Hall–Kier alpha value is -0.260. The molecule has 0 spiro atoms.